The molecule has 0 amide bonds. The molecule has 122 valence electrons. The molecule has 0 spiro atoms. The maximum atomic E-state index is 12.3. The van der Waals surface area contributed by atoms with E-state index in [9.17, 15) is 4.79 Å². The van der Waals surface area contributed by atoms with Crippen LogP contribution in [0.1, 0.15) is 34.5 Å². The molecule has 0 saturated heterocycles. The Labute approximate surface area is 141 Å². The van der Waals surface area contributed by atoms with E-state index in [0.717, 1.165) is 47.2 Å². The average molecular weight is 319 g/mol. The molecule has 1 aliphatic rings. The van der Waals surface area contributed by atoms with Crippen molar-refractivity contribution in [2.24, 2.45) is 0 Å². The van der Waals surface area contributed by atoms with E-state index in [4.69, 9.17) is 5.10 Å². The van der Waals surface area contributed by atoms with Gasteiger partial charge in [0.05, 0.1) is 16.9 Å². The summed E-state index contributed by atoms with van der Waals surface area (Å²) < 4.78 is 2.02. The molecule has 1 aliphatic carbocycles. The fourth-order valence-corrected chi connectivity index (χ4v) is 3.54. The zero-order valence-corrected chi connectivity index (χ0v) is 14.1. The zero-order valence-electron chi connectivity index (χ0n) is 14.1. The molecule has 0 fully saturated rings. The van der Waals surface area contributed by atoms with Gasteiger partial charge in [-0.1, -0.05) is 24.3 Å². The van der Waals surface area contributed by atoms with Gasteiger partial charge in [0, 0.05) is 23.9 Å². The van der Waals surface area contributed by atoms with Gasteiger partial charge < -0.3 is 4.90 Å². The lowest BCUT2D eigenvalue weighted by atomic mass is 10.0. The summed E-state index contributed by atoms with van der Waals surface area (Å²) in [5, 5.41) is 5.81. The number of aromatic nitrogens is 2. The van der Waals surface area contributed by atoms with Gasteiger partial charge in [-0.25, -0.2) is 4.68 Å². The number of hydrogen-bond acceptors (Lipinski definition) is 3. The number of carbonyl (C=O) groups is 1. The van der Waals surface area contributed by atoms with E-state index in [2.05, 4.69) is 43.3 Å². The molecule has 4 heteroatoms. The van der Waals surface area contributed by atoms with Crippen LogP contribution in [-0.2, 0) is 13.0 Å². The van der Waals surface area contributed by atoms with Gasteiger partial charge in [-0.15, -0.1) is 0 Å². The van der Waals surface area contributed by atoms with Crippen LogP contribution in [0.25, 0.3) is 16.6 Å². The number of nitrogens with zero attached hydrogens (tertiary/aromatic N) is 3. The number of Topliss-reactive ketones (excluding diaryl/α,β-unsaturated/α-hetero) is 1. The van der Waals surface area contributed by atoms with Gasteiger partial charge >= 0.3 is 0 Å². The molecular weight excluding hydrogens is 298 g/mol. The van der Waals surface area contributed by atoms with Crippen molar-refractivity contribution in [1.29, 1.82) is 0 Å². The first-order valence-corrected chi connectivity index (χ1v) is 8.41. The second-order valence-corrected chi connectivity index (χ2v) is 6.74. The normalized spacial score (nSPS) is 14.4. The first kappa shape index (κ1) is 15.1. The molecule has 0 N–H and O–H groups in total. The SMILES string of the molecule is CN(C)Cc1ccc(-n2nc3cccc4c3c2CCCC4=O)cc1. The number of aryl methyl sites for hydroxylation is 1. The largest absolute Gasteiger partial charge is 0.305 e. The molecule has 1 aromatic heterocycles. The third-order valence-corrected chi connectivity index (χ3v) is 4.59. The van der Waals surface area contributed by atoms with Crippen LogP contribution in [0, 0.1) is 0 Å². The average Bonchev–Trinajstić information content (AvgIpc) is 2.84. The first-order chi connectivity index (χ1) is 11.6. The van der Waals surface area contributed by atoms with Crippen LogP contribution in [-0.4, -0.2) is 34.6 Å². The Morgan fingerprint density at radius 3 is 2.62 bits per heavy atom. The Kier molecular flexibility index (Phi) is 3.69. The van der Waals surface area contributed by atoms with Crippen molar-refractivity contribution in [2.45, 2.75) is 25.8 Å². The smallest absolute Gasteiger partial charge is 0.163 e. The highest BCUT2D eigenvalue weighted by Crippen LogP contribution is 2.30. The number of ketones is 1. The molecule has 24 heavy (non-hydrogen) atoms. The van der Waals surface area contributed by atoms with Gasteiger partial charge in [-0.3, -0.25) is 4.79 Å². The zero-order chi connectivity index (χ0) is 16.7. The second kappa shape index (κ2) is 5.87. The predicted octanol–water partition coefficient (Wildman–Crippen LogP) is 3.61. The summed E-state index contributed by atoms with van der Waals surface area (Å²) in [6.07, 6.45) is 2.39. The minimum absolute atomic E-state index is 0.236. The maximum Gasteiger partial charge on any atom is 0.163 e. The Balaban J connectivity index is 1.84. The van der Waals surface area contributed by atoms with Crippen molar-refractivity contribution < 1.29 is 4.79 Å². The monoisotopic (exact) mass is 319 g/mol. The van der Waals surface area contributed by atoms with Crippen molar-refractivity contribution in [3.8, 4) is 5.69 Å². The summed E-state index contributed by atoms with van der Waals surface area (Å²) in [4.78, 5) is 14.5. The van der Waals surface area contributed by atoms with Gasteiger partial charge in [-0.05, 0) is 50.7 Å². The van der Waals surface area contributed by atoms with E-state index >= 15 is 0 Å². The lowest BCUT2D eigenvalue weighted by Gasteiger charge is -2.11. The number of rotatable bonds is 3. The number of carbonyl (C=O) groups excluding carboxylic acids is 1. The fourth-order valence-electron chi connectivity index (χ4n) is 3.54. The summed E-state index contributed by atoms with van der Waals surface area (Å²) >= 11 is 0. The molecular formula is C20H21N3O. The molecule has 0 atom stereocenters. The molecule has 0 bridgehead atoms. The van der Waals surface area contributed by atoms with E-state index in [1.165, 1.54) is 5.56 Å². The molecule has 0 radical (unpaired) electrons. The van der Waals surface area contributed by atoms with Gasteiger partial charge in [-0.2, -0.15) is 5.10 Å². The van der Waals surface area contributed by atoms with Crippen LogP contribution in [0.15, 0.2) is 42.5 Å². The molecule has 0 saturated carbocycles. The van der Waals surface area contributed by atoms with Gasteiger partial charge in [0.15, 0.2) is 5.78 Å². The van der Waals surface area contributed by atoms with Crippen molar-refractivity contribution in [2.75, 3.05) is 14.1 Å². The fraction of sp³-hybridized carbons (Fsp3) is 0.300. The van der Waals surface area contributed by atoms with Crippen LogP contribution >= 0.6 is 0 Å². The maximum absolute atomic E-state index is 12.3. The highest BCUT2D eigenvalue weighted by molar-refractivity contribution is 6.09. The summed E-state index contributed by atoms with van der Waals surface area (Å²) in [7, 11) is 4.14. The second-order valence-electron chi connectivity index (χ2n) is 6.74. The first-order valence-electron chi connectivity index (χ1n) is 8.41. The molecule has 3 aromatic rings. The Hall–Kier alpha value is -2.46. The topological polar surface area (TPSA) is 38.1 Å². The molecule has 0 unspecified atom stereocenters. The van der Waals surface area contributed by atoms with Crippen molar-refractivity contribution in [3.05, 3.63) is 59.3 Å². The van der Waals surface area contributed by atoms with Gasteiger partial charge in [0.2, 0.25) is 0 Å². The number of hydrogen-bond donors (Lipinski definition) is 0. The standard InChI is InChI=1S/C20H21N3O/c1-22(2)13-14-9-11-15(12-10-14)23-18-7-4-8-19(24)16-5-3-6-17(21-23)20(16)18/h3,5-6,9-12H,4,7-8,13H2,1-2H3. The van der Waals surface area contributed by atoms with Gasteiger partial charge in [0.25, 0.3) is 0 Å². The van der Waals surface area contributed by atoms with Crippen LogP contribution in [0.4, 0.5) is 0 Å². The summed E-state index contributed by atoms with van der Waals surface area (Å²) in [6.45, 7) is 0.923. The summed E-state index contributed by atoms with van der Waals surface area (Å²) in [5.74, 6) is 0.236. The quantitative estimate of drug-likeness (QED) is 0.740. The summed E-state index contributed by atoms with van der Waals surface area (Å²) in [5.41, 5.74) is 5.24. The molecule has 1 heterocycles. The molecule has 4 nitrogen and oxygen atoms in total. The van der Waals surface area contributed by atoms with E-state index in [1.807, 2.05) is 22.9 Å². The van der Waals surface area contributed by atoms with E-state index in [-0.39, 0.29) is 5.78 Å². The predicted molar refractivity (Wildman–Crippen MR) is 95.7 cm³/mol. The highest BCUT2D eigenvalue weighted by atomic mass is 16.1. The van der Waals surface area contributed by atoms with Crippen LogP contribution < -0.4 is 0 Å². The Morgan fingerprint density at radius 2 is 1.88 bits per heavy atom. The molecule has 4 rings (SSSR count). The third-order valence-electron chi connectivity index (χ3n) is 4.59. The van der Waals surface area contributed by atoms with Gasteiger partial charge in [0.1, 0.15) is 0 Å². The minimum Gasteiger partial charge on any atom is -0.305 e. The van der Waals surface area contributed by atoms with Crippen molar-refractivity contribution >= 4 is 16.7 Å². The third kappa shape index (κ3) is 2.53. The van der Waals surface area contributed by atoms with Crippen LogP contribution in [0.5, 0.6) is 0 Å². The summed E-state index contributed by atoms with van der Waals surface area (Å²) in [6, 6.07) is 14.4. The number of benzene rings is 2. The molecule has 0 aliphatic heterocycles. The Bertz CT molecular complexity index is 907. The highest BCUT2D eigenvalue weighted by Gasteiger charge is 2.22. The van der Waals surface area contributed by atoms with Crippen LogP contribution in [0.2, 0.25) is 0 Å². The van der Waals surface area contributed by atoms with Crippen molar-refractivity contribution in [1.82, 2.24) is 14.7 Å². The minimum atomic E-state index is 0.236. The Morgan fingerprint density at radius 1 is 1.08 bits per heavy atom. The van der Waals surface area contributed by atoms with Crippen LogP contribution in [0.3, 0.4) is 0 Å². The molecule has 2 aromatic carbocycles. The van der Waals surface area contributed by atoms with E-state index in [1.54, 1.807) is 0 Å². The lowest BCUT2D eigenvalue weighted by Crippen LogP contribution is -2.10. The van der Waals surface area contributed by atoms with E-state index < -0.39 is 0 Å². The lowest BCUT2D eigenvalue weighted by molar-refractivity contribution is 0.0983. The van der Waals surface area contributed by atoms with E-state index in [0.29, 0.717) is 6.42 Å². The van der Waals surface area contributed by atoms with Crippen molar-refractivity contribution in [3.63, 3.8) is 0 Å².